The van der Waals surface area contributed by atoms with Gasteiger partial charge in [-0.05, 0) is 6.42 Å². The van der Waals surface area contributed by atoms with Crippen molar-refractivity contribution in [3.63, 3.8) is 0 Å². The van der Waals surface area contributed by atoms with E-state index in [0.29, 0.717) is 11.2 Å². The second kappa shape index (κ2) is 8.88. The van der Waals surface area contributed by atoms with Gasteiger partial charge in [0.2, 0.25) is 0 Å². The molecule has 0 aromatic carbocycles. The standard InChI is InChI=1S/C17H27N5O3S/c1-3-4-5-6-22-13-14(20(2)16(24)19-15(13)23)18-17(22)26-12-9-21-7-10-25-11-8-21/h3-12H2,1-2H3,(H,19,23,24)/p+1. The van der Waals surface area contributed by atoms with Crippen LogP contribution in [0.15, 0.2) is 14.7 Å². The van der Waals surface area contributed by atoms with Gasteiger partial charge in [0.05, 0.1) is 25.5 Å². The third-order valence-corrected chi connectivity index (χ3v) is 5.82. The van der Waals surface area contributed by atoms with Crippen LogP contribution < -0.4 is 16.1 Å². The van der Waals surface area contributed by atoms with Gasteiger partial charge in [-0.2, -0.15) is 0 Å². The molecular weight excluding hydrogens is 354 g/mol. The van der Waals surface area contributed by atoms with Gasteiger partial charge in [-0.3, -0.25) is 14.3 Å². The third-order valence-electron chi connectivity index (χ3n) is 4.84. The van der Waals surface area contributed by atoms with Gasteiger partial charge in [0, 0.05) is 13.6 Å². The van der Waals surface area contributed by atoms with Crippen LogP contribution in [0.4, 0.5) is 0 Å². The first kappa shape index (κ1) is 19.2. The van der Waals surface area contributed by atoms with E-state index in [1.807, 2.05) is 4.57 Å². The largest absolute Gasteiger partial charge is 0.370 e. The molecule has 8 nitrogen and oxygen atoms in total. The first-order valence-corrected chi connectivity index (χ1v) is 10.3. The molecule has 3 heterocycles. The van der Waals surface area contributed by atoms with Crippen LogP contribution in [-0.2, 0) is 18.3 Å². The number of quaternary nitrogens is 1. The summed E-state index contributed by atoms with van der Waals surface area (Å²) < 4.78 is 8.81. The number of aromatic nitrogens is 4. The molecule has 0 saturated carbocycles. The Morgan fingerprint density at radius 3 is 2.77 bits per heavy atom. The Kier molecular flexibility index (Phi) is 6.55. The molecule has 2 aromatic heterocycles. The van der Waals surface area contributed by atoms with E-state index < -0.39 is 5.69 Å². The fourth-order valence-electron chi connectivity index (χ4n) is 3.25. The van der Waals surface area contributed by atoms with E-state index in [-0.39, 0.29) is 5.56 Å². The van der Waals surface area contributed by atoms with E-state index in [9.17, 15) is 9.59 Å². The summed E-state index contributed by atoms with van der Waals surface area (Å²) in [5.74, 6) is 0.929. The molecule has 0 atom stereocenters. The Morgan fingerprint density at radius 2 is 2.04 bits per heavy atom. The molecule has 9 heteroatoms. The first-order chi connectivity index (χ1) is 12.6. The summed E-state index contributed by atoms with van der Waals surface area (Å²) in [6, 6.07) is 0. The van der Waals surface area contributed by atoms with Gasteiger partial charge in [-0.15, -0.1) is 0 Å². The number of unbranched alkanes of at least 4 members (excludes halogenated alkanes) is 2. The highest BCUT2D eigenvalue weighted by Crippen LogP contribution is 2.21. The second-order valence-corrected chi connectivity index (χ2v) is 7.77. The number of rotatable bonds is 8. The lowest BCUT2D eigenvalue weighted by Crippen LogP contribution is -3.14. The van der Waals surface area contributed by atoms with E-state index in [2.05, 4.69) is 16.9 Å². The Labute approximate surface area is 156 Å². The number of aromatic amines is 1. The lowest BCUT2D eigenvalue weighted by Gasteiger charge is -2.23. The van der Waals surface area contributed by atoms with Crippen molar-refractivity contribution in [1.29, 1.82) is 0 Å². The van der Waals surface area contributed by atoms with Crippen molar-refractivity contribution in [2.45, 2.75) is 37.9 Å². The summed E-state index contributed by atoms with van der Waals surface area (Å²) in [6.07, 6.45) is 3.21. The summed E-state index contributed by atoms with van der Waals surface area (Å²) in [7, 11) is 1.65. The summed E-state index contributed by atoms with van der Waals surface area (Å²) in [4.78, 5) is 32.8. The smallest absolute Gasteiger partial charge is 0.329 e. The van der Waals surface area contributed by atoms with Crippen LogP contribution >= 0.6 is 11.8 Å². The maximum absolute atomic E-state index is 12.4. The van der Waals surface area contributed by atoms with Crippen molar-refractivity contribution in [2.75, 3.05) is 38.6 Å². The molecule has 26 heavy (non-hydrogen) atoms. The Morgan fingerprint density at radius 1 is 1.27 bits per heavy atom. The number of nitrogens with one attached hydrogen (secondary N) is 2. The molecule has 1 aliphatic rings. The highest BCUT2D eigenvalue weighted by molar-refractivity contribution is 7.99. The number of H-pyrrole nitrogens is 1. The topological polar surface area (TPSA) is 86.3 Å². The molecule has 2 N–H and O–H groups in total. The van der Waals surface area contributed by atoms with Crippen LogP contribution in [0.25, 0.3) is 11.2 Å². The van der Waals surface area contributed by atoms with E-state index in [0.717, 1.165) is 69.6 Å². The fraction of sp³-hybridized carbons (Fsp3) is 0.706. The molecule has 1 aliphatic heterocycles. The molecule has 0 radical (unpaired) electrons. The maximum atomic E-state index is 12.4. The number of aryl methyl sites for hydroxylation is 2. The Hall–Kier alpha value is -1.58. The summed E-state index contributed by atoms with van der Waals surface area (Å²) in [6.45, 7) is 7.69. The number of nitrogens with zero attached hydrogens (tertiary/aromatic N) is 3. The van der Waals surface area contributed by atoms with Gasteiger partial charge in [-0.25, -0.2) is 9.78 Å². The molecular formula is C17H28N5O3S+. The lowest BCUT2D eigenvalue weighted by atomic mass is 10.2. The summed E-state index contributed by atoms with van der Waals surface area (Å²) in [5.41, 5.74) is 0.202. The zero-order valence-corrected chi connectivity index (χ0v) is 16.4. The van der Waals surface area contributed by atoms with Gasteiger partial charge in [-0.1, -0.05) is 31.5 Å². The number of hydrogen-bond donors (Lipinski definition) is 2. The van der Waals surface area contributed by atoms with Gasteiger partial charge >= 0.3 is 5.69 Å². The highest BCUT2D eigenvalue weighted by atomic mass is 32.2. The molecule has 1 saturated heterocycles. The van der Waals surface area contributed by atoms with Gasteiger partial charge in [0.25, 0.3) is 5.56 Å². The average Bonchev–Trinajstić information content (AvgIpc) is 3.00. The van der Waals surface area contributed by atoms with Crippen LogP contribution in [0.3, 0.4) is 0 Å². The molecule has 2 aromatic rings. The number of fused-ring (bicyclic) bond motifs is 1. The van der Waals surface area contributed by atoms with Crippen LogP contribution in [-0.4, -0.2) is 57.7 Å². The lowest BCUT2D eigenvalue weighted by molar-refractivity contribution is -0.905. The summed E-state index contributed by atoms with van der Waals surface area (Å²) >= 11 is 1.67. The Balaban J connectivity index is 1.83. The average molecular weight is 383 g/mol. The fourth-order valence-corrected chi connectivity index (χ4v) is 4.31. The molecule has 0 bridgehead atoms. The third kappa shape index (κ3) is 4.21. The minimum absolute atomic E-state index is 0.349. The van der Waals surface area contributed by atoms with E-state index >= 15 is 0 Å². The first-order valence-electron chi connectivity index (χ1n) is 9.35. The minimum Gasteiger partial charge on any atom is -0.370 e. The van der Waals surface area contributed by atoms with Crippen molar-refractivity contribution in [2.24, 2.45) is 7.05 Å². The normalized spacial score (nSPS) is 15.8. The zero-order valence-electron chi connectivity index (χ0n) is 15.5. The van der Waals surface area contributed by atoms with Crippen molar-refractivity contribution in [3.05, 3.63) is 20.8 Å². The van der Waals surface area contributed by atoms with Gasteiger partial charge in [0.1, 0.15) is 13.1 Å². The SMILES string of the molecule is CCCCCn1c(SCC[NH+]2CCOCC2)nc2c1c(=O)[nH]c(=O)n2C. The highest BCUT2D eigenvalue weighted by Gasteiger charge is 2.19. The quantitative estimate of drug-likeness (QED) is 0.480. The van der Waals surface area contributed by atoms with Crippen molar-refractivity contribution < 1.29 is 9.64 Å². The van der Waals surface area contributed by atoms with Crippen LogP contribution in [0.5, 0.6) is 0 Å². The second-order valence-electron chi connectivity index (χ2n) is 6.70. The Bertz CT molecular complexity index is 850. The molecule has 144 valence electrons. The predicted octanol–water partition coefficient (Wildman–Crippen LogP) is -0.379. The number of morpholine rings is 1. The van der Waals surface area contributed by atoms with E-state index in [1.54, 1.807) is 23.7 Å². The monoisotopic (exact) mass is 382 g/mol. The number of thioether (sulfide) groups is 1. The molecule has 0 unspecified atom stereocenters. The zero-order chi connectivity index (χ0) is 18.5. The molecule has 0 aliphatic carbocycles. The molecule has 0 spiro atoms. The van der Waals surface area contributed by atoms with Gasteiger partial charge in [0.15, 0.2) is 16.3 Å². The van der Waals surface area contributed by atoms with Crippen LogP contribution in [0.1, 0.15) is 26.2 Å². The van der Waals surface area contributed by atoms with Crippen LogP contribution in [0, 0.1) is 0 Å². The van der Waals surface area contributed by atoms with Crippen LogP contribution in [0.2, 0.25) is 0 Å². The number of hydrogen-bond acceptors (Lipinski definition) is 5. The van der Waals surface area contributed by atoms with Crippen molar-refractivity contribution in [3.8, 4) is 0 Å². The number of ether oxygens (including phenoxy) is 1. The van der Waals surface area contributed by atoms with Gasteiger partial charge < -0.3 is 14.2 Å². The van der Waals surface area contributed by atoms with E-state index in [1.165, 1.54) is 4.57 Å². The molecule has 0 amide bonds. The maximum Gasteiger partial charge on any atom is 0.329 e. The predicted molar refractivity (Wildman–Crippen MR) is 102 cm³/mol. The molecule has 3 rings (SSSR count). The molecule has 1 fully saturated rings. The van der Waals surface area contributed by atoms with Crippen molar-refractivity contribution in [1.82, 2.24) is 19.1 Å². The van der Waals surface area contributed by atoms with E-state index in [4.69, 9.17) is 4.74 Å². The minimum atomic E-state index is -0.421. The number of imidazole rings is 1. The summed E-state index contributed by atoms with van der Waals surface area (Å²) in [5, 5.41) is 0.829. The van der Waals surface area contributed by atoms with Crippen molar-refractivity contribution >= 4 is 22.9 Å².